The zero-order valence-corrected chi connectivity index (χ0v) is 16.9. The largest absolute Gasteiger partial charge is 0.493 e. The number of hydrogen-bond donors (Lipinski definition) is 1. The van der Waals surface area contributed by atoms with Gasteiger partial charge in [-0.3, -0.25) is 4.79 Å². The lowest BCUT2D eigenvalue weighted by Crippen LogP contribution is -2.30. The number of anilines is 1. The number of amides is 1. The van der Waals surface area contributed by atoms with Crippen molar-refractivity contribution in [3.05, 3.63) is 53.6 Å². The molecule has 2 rings (SSSR count). The minimum absolute atomic E-state index is 0.279. The van der Waals surface area contributed by atoms with Crippen molar-refractivity contribution >= 4 is 17.6 Å². The summed E-state index contributed by atoms with van der Waals surface area (Å²) < 4.78 is 15.9. The van der Waals surface area contributed by atoms with Crippen molar-refractivity contribution < 1.29 is 23.8 Å². The lowest BCUT2D eigenvalue weighted by molar-refractivity contribution is -0.123. The smallest absolute Gasteiger partial charge is 0.339 e. The molecule has 1 atom stereocenters. The predicted octanol–water partition coefficient (Wildman–Crippen LogP) is 4.40. The van der Waals surface area contributed by atoms with E-state index in [1.54, 1.807) is 12.1 Å². The standard InChI is InChI=1S/C22H27NO5/c1-6-27-19-12-9-17(13-20(19)26-5)22(25)28-15(4)21(24)23-18-10-7-16(8-11-18)14(2)3/h7-15H,6H2,1-5H3,(H,23,24)/t15-/m1/s1. The van der Waals surface area contributed by atoms with Gasteiger partial charge in [0.2, 0.25) is 0 Å². The van der Waals surface area contributed by atoms with Crippen LogP contribution in [-0.2, 0) is 9.53 Å². The number of carbonyl (C=O) groups excluding carboxylic acids is 2. The maximum atomic E-state index is 12.4. The summed E-state index contributed by atoms with van der Waals surface area (Å²) in [5.41, 5.74) is 2.11. The fraction of sp³-hybridized carbons (Fsp3) is 0.364. The Balaban J connectivity index is 2.00. The first-order chi connectivity index (χ1) is 13.3. The second-order valence-electron chi connectivity index (χ2n) is 6.61. The molecule has 0 aliphatic carbocycles. The molecule has 0 saturated carbocycles. The van der Waals surface area contributed by atoms with E-state index in [0.29, 0.717) is 29.7 Å². The van der Waals surface area contributed by atoms with Crippen LogP contribution in [0.5, 0.6) is 11.5 Å². The molecule has 2 aromatic carbocycles. The number of nitrogens with one attached hydrogen (secondary N) is 1. The van der Waals surface area contributed by atoms with E-state index in [9.17, 15) is 9.59 Å². The number of methoxy groups -OCH3 is 1. The van der Waals surface area contributed by atoms with E-state index in [4.69, 9.17) is 14.2 Å². The molecule has 0 fully saturated rings. The van der Waals surface area contributed by atoms with Gasteiger partial charge in [-0.05, 0) is 55.7 Å². The molecular weight excluding hydrogens is 358 g/mol. The first-order valence-electron chi connectivity index (χ1n) is 9.28. The van der Waals surface area contributed by atoms with E-state index >= 15 is 0 Å². The first-order valence-corrected chi connectivity index (χ1v) is 9.28. The maximum Gasteiger partial charge on any atom is 0.339 e. The molecule has 0 bridgehead atoms. The Morgan fingerprint density at radius 3 is 2.25 bits per heavy atom. The van der Waals surface area contributed by atoms with Gasteiger partial charge in [0.05, 0.1) is 19.3 Å². The Hall–Kier alpha value is -3.02. The molecule has 2 aromatic rings. The number of rotatable bonds is 8. The molecule has 0 saturated heterocycles. The monoisotopic (exact) mass is 385 g/mol. The summed E-state index contributed by atoms with van der Waals surface area (Å²) in [4.78, 5) is 24.7. The SMILES string of the molecule is CCOc1ccc(C(=O)O[C@H](C)C(=O)Nc2ccc(C(C)C)cc2)cc1OC. The molecule has 0 spiro atoms. The van der Waals surface area contributed by atoms with E-state index in [2.05, 4.69) is 19.2 Å². The zero-order valence-electron chi connectivity index (χ0n) is 16.9. The second-order valence-corrected chi connectivity index (χ2v) is 6.61. The van der Waals surface area contributed by atoms with Crippen LogP contribution in [0.15, 0.2) is 42.5 Å². The Labute approximate surface area is 165 Å². The summed E-state index contributed by atoms with van der Waals surface area (Å²) >= 11 is 0. The minimum atomic E-state index is -0.949. The van der Waals surface area contributed by atoms with Crippen LogP contribution < -0.4 is 14.8 Å². The van der Waals surface area contributed by atoms with Gasteiger partial charge < -0.3 is 19.5 Å². The number of esters is 1. The quantitative estimate of drug-likeness (QED) is 0.682. The van der Waals surface area contributed by atoms with Gasteiger partial charge in [0.1, 0.15) is 0 Å². The number of carbonyl (C=O) groups is 2. The van der Waals surface area contributed by atoms with Crippen LogP contribution in [0.1, 0.15) is 49.5 Å². The fourth-order valence-corrected chi connectivity index (χ4v) is 2.55. The number of hydrogen-bond acceptors (Lipinski definition) is 5. The molecule has 1 amide bonds. The topological polar surface area (TPSA) is 73.9 Å². The van der Waals surface area contributed by atoms with Gasteiger partial charge in [-0.2, -0.15) is 0 Å². The van der Waals surface area contributed by atoms with E-state index < -0.39 is 18.0 Å². The zero-order chi connectivity index (χ0) is 20.7. The Morgan fingerprint density at radius 1 is 1.00 bits per heavy atom. The summed E-state index contributed by atoms with van der Waals surface area (Å²) in [5.74, 6) is 0.370. The highest BCUT2D eigenvalue weighted by Crippen LogP contribution is 2.28. The van der Waals surface area contributed by atoms with Crippen molar-refractivity contribution in [2.24, 2.45) is 0 Å². The summed E-state index contributed by atoms with van der Waals surface area (Å²) in [6.07, 6.45) is -0.949. The third-order valence-corrected chi connectivity index (χ3v) is 4.20. The molecule has 6 heteroatoms. The molecule has 28 heavy (non-hydrogen) atoms. The normalized spacial score (nSPS) is 11.6. The summed E-state index contributed by atoms with van der Waals surface area (Å²) in [5, 5.41) is 2.75. The number of ether oxygens (including phenoxy) is 3. The van der Waals surface area contributed by atoms with Crippen molar-refractivity contribution in [1.82, 2.24) is 0 Å². The number of benzene rings is 2. The van der Waals surface area contributed by atoms with Gasteiger partial charge in [0.25, 0.3) is 5.91 Å². The van der Waals surface area contributed by atoms with Crippen molar-refractivity contribution in [3.63, 3.8) is 0 Å². The Morgan fingerprint density at radius 2 is 1.68 bits per heavy atom. The third-order valence-electron chi connectivity index (χ3n) is 4.20. The molecular formula is C22H27NO5. The summed E-state index contributed by atoms with van der Waals surface area (Å²) in [7, 11) is 1.49. The van der Waals surface area contributed by atoms with E-state index in [1.807, 2.05) is 31.2 Å². The Bertz CT molecular complexity index is 814. The highest BCUT2D eigenvalue weighted by atomic mass is 16.5. The van der Waals surface area contributed by atoms with Gasteiger partial charge in [-0.15, -0.1) is 0 Å². The highest BCUT2D eigenvalue weighted by molar-refractivity contribution is 5.97. The lowest BCUT2D eigenvalue weighted by atomic mass is 10.0. The fourth-order valence-electron chi connectivity index (χ4n) is 2.55. The lowest BCUT2D eigenvalue weighted by Gasteiger charge is -2.15. The molecule has 1 N–H and O–H groups in total. The van der Waals surface area contributed by atoms with Crippen LogP contribution in [0.3, 0.4) is 0 Å². The van der Waals surface area contributed by atoms with Gasteiger partial charge in [-0.25, -0.2) is 4.79 Å². The first kappa shape index (κ1) is 21.3. The summed E-state index contributed by atoms with van der Waals surface area (Å²) in [6.45, 7) is 8.07. The minimum Gasteiger partial charge on any atom is -0.493 e. The molecule has 0 unspecified atom stereocenters. The molecule has 0 heterocycles. The molecule has 6 nitrogen and oxygen atoms in total. The predicted molar refractivity (Wildman–Crippen MR) is 108 cm³/mol. The van der Waals surface area contributed by atoms with Crippen LogP contribution in [0.25, 0.3) is 0 Å². The van der Waals surface area contributed by atoms with Crippen molar-refractivity contribution in [2.75, 3.05) is 19.0 Å². The van der Waals surface area contributed by atoms with E-state index in [-0.39, 0.29) is 5.56 Å². The summed E-state index contributed by atoms with van der Waals surface area (Å²) in [6, 6.07) is 12.3. The van der Waals surface area contributed by atoms with Crippen LogP contribution in [0.4, 0.5) is 5.69 Å². The maximum absolute atomic E-state index is 12.4. The van der Waals surface area contributed by atoms with Crippen molar-refractivity contribution in [1.29, 1.82) is 0 Å². The molecule has 0 aliphatic rings. The average molecular weight is 385 g/mol. The highest BCUT2D eigenvalue weighted by Gasteiger charge is 2.20. The molecule has 0 aromatic heterocycles. The van der Waals surface area contributed by atoms with Crippen LogP contribution >= 0.6 is 0 Å². The molecule has 150 valence electrons. The van der Waals surface area contributed by atoms with Crippen LogP contribution in [0, 0.1) is 0 Å². The van der Waals surface area contributed by atoms with Crippen LogP contribution in [-0.4, -0.2) is 31.7 Å². The van der Waals surface area contributed by atoms with Crippen molar-refractivity contribution in [2.45, 2.75) is 39.7 Å². The van der Waals surface area contributed by atoms with E-state index in [0.717, 1.165) is 0 Å². The van der Waals surface area contributed by atoms with Gasteiger partial charge in [-0.1, -0.05) is 26.0 Å². The second kappa shape index (κ2) is 9.78. The van der Waals surface area contributed by atoms with Gasteiger partial charge >= 0.3 is 5.97 Å². The van der Waals surface area contributed by atoms with Gasteiger partial charge in [0.15, 0.2) is 17.6 Å². The van der Waals surface area contributed by atoms with Crippen LogP contribution in [0.2, 0.25) is 0 Å². The molecule has 0 aliphatic heterocycles. The third kappa shape index (κ3) is 5.49. The molecule has 0 radical (unpaired) electrons. The van der Waals surface area contributed by atoms with Gasteiger partial charge in [0, 0.05) is 5.69 Å². The Kier molecular flexibility index (Phi) is 7.44. The van der Waals surface area contributed by atoms with E-state index in [1.165, 1.54) is 25.7 Å². The van der Waals surface area contributed by atoms with Crippen molar-refractivity contribution in [3.8, 4) is 11.5 Å². The average Bonchev–Trinajstić information content (AvgIpc) is 2.68.